The second kappa shape index (κ2) is 9.27. The predicted molar refractivity (Wildman–Crippen MR) is 130 cm³/mol. The van der Waals surface area contributed by atoms with E-state index in [1.807, 2.05) is 69.3 Å². The van der Waals surface area contributed by atoms with Crippen molar-refractivity contribution in [3.8, 4) is 0 Å². The number of hydrogen-bond donors (Lipinski definition) is 0. The zero-order chi connectivity index (χ0) is 22.8. The molecule has 4 rings (SSSR count). The normalized spacial score (nSPS) is 16.0. The summed E-state index contributed by atoms with van der Waals surface area (Å²) in [5.74, 6) is -0.103. The lowest BCUT2D eigenvalue weighted by Gasteiger charge is -2.29. The molecule has 1 atom stereocenters. The van der Waals surface area contributed by atoms with Crippen molar-refractivity contribution in [3.63, 3.8) is 0 Å². The molecule has 0 radical (unpaired) electrons. The molecule has 1 aromatic heterocycles. The molecule has 0 fully saturated rings. The molecule has 1 aliphatic heterocycles. The van der Waals surface area contributed by atoms with Gasteiger partial charge in [-0.05, 0) is 50.1 Å². The van der Waals surface area contributed by atoms with Crippen LogP contribution in [-0.2, 0) is 4.79 Å². The Bertz CT molecular complexity index is 1350. The Morgan fingerprint density at radius 2 is 1.78 bits per heavy atom. The number of aromatic nitrogens is 1. The number of allylic oxidation sites excluding steroid dienone is 1. The van der Waals surface area contributed by atoms with E-state index >= 15 is 0 Å². The molecule has 0 aliphatic carbocycles. The summed E-state index contributed by atoms with van der Waals surface area (Å²) in [5.41, 5.74) is 2.77. The highest BCUT2D eigenvalue weighted by Crippen LogP contribution is 2.31. The van der Waals surface area contributed by atoms with E-state index in [0.29, 0.717) is 38.7 Å². The maximum absolute atomic E-state index is 13.6. The van der Waals surface area contributed by atoms with Gasteiger partial charge < -0.3 is 4.90 Å². The Morgan fingerprint density at radius 3 is 2.41 bits per heavy atom. The molecule has 7 heteroatoms. The van der Waals surface area contributed by atoms with Gasteiger partial charge in [-0.15, -0.1) is 0 Å². The molecule has 3 aromatic rings. The van der Waals surface area contributed by atoms with Gasteiger partial charge in [0.15, 0.2) is 4.80 Å². The summed E-state index contributed by atoms with van der Waals surface area (Å²) in [6, 6.07) is 16.5. The van der Waals surface area contributed by atoms with E-state index in [0.717, 1.165) is 11.1 Å². The summed E-state index contributed by atoms with van der Waals surface area (Å²) >= 11 is 7.46. The number of carbonyl (C=O) groups is 1. The fourth-order valence-corrected chi connectivity index (χ4v) is 5.11. The van der Waals surface area contributed by atoms with Crippen LogP contribution in [0.25, 0.3) is 6.08 Å². The molecule has 0 spiro atoms. The average Bonchev–Trinajstić information content (AvgIpc) is 3.09. The number of nitrogens with zero attached hydrogens (tertiary/aromatic N) is 3. The minimum atomic E-state index is -0.561. The molecule has 1 amide bonds. The number of fused-ring (bicyclic) bond motifs is 1. The number of thiazole rings is 1. The maximum Gasteiger partial charge on any atom is 0.271 e. The first kappa shape index (κ1) is 22.2. The molecular formula is C25H24ClN3O2S. The highest BCUT2D eigenvalue weighted by atomic mass is 35.5. The molecule has 32 heavy (non-hydrogen) atoms. The summed E-state index contributed by atoms with van der Waals surface area (Å²) in [5, 5.41) is 0.600. The van der Waals surface area contributed by atoms with Gasteiger partial charge in [0.25, 0.3) is 11.5 Å². The first-order valence-corrected chi connectivity index (χ1v) is 11.8. The lowest BCUT2D eigenvalue weighted by molar-refractivity contribution is -0.127. The molecule has 5 nitrogen and oxygen atoms in total. The molecule has 2 heterocycles. The highest BCUT2D eigenvalue weighted by molar-refractivity contribution is 7.07. The Labute approximate surface area is 195 Å². The van der Waals surface area contributed by atoms with Crippen molar-refractivity contribution in [1.82, 2.24) is 9.47 Å². The zero-order valence-corrected chi connectivity index (χ0v) is 19.8. The van der Waals surface area contributed by atoms with Gasteiger partial charge in [-0.25, -0.2) is 4.99 Å². The van der Waals surface area contributed by atoms with Crippen LogP contribution in [0.15, 0.2) is 75.7 Å². The van der Waals surface area contributed by atoms with Crippen molar-refractivity contribution in [3.05, 3.63) is 102 Å². The van der Waals surface area contributed by atoms with E-state index < -0.39 is 6.04 Å². The fourth-order valence-electron chi connectivity index (χ4n) is 3.94. The van der Waals surface area contributed by atoms with Gasteiger partial charge in [0.1, 0.15) is 0 Å². The molecule has 0 saturated carbocycles. The smallest absolute Gasteiger partial charge is 0.271 e. The van der Waals surface area contributed by atoms with E-state index in [1.165, 1.54) is 11.3 Å². The number of amides is 1. The molecular weight excluding hydrogens is 442 g/mol. The number of rotatable bonds is 5. The zero-order valence-electron chi connectivity index (χ0n) is 18.2. The first-order valence-electron chi connectivity index (χ1n) is 10.6. The van der Waals surface area contributed by atoms with E-state index in [2.05, 4.69) is 4.99 Å². The van der Waals surface area contributed by atoms with Gasteiger partial charge in [-0.1, -0.05) is 65.4 Å². The van der Waals surface area contributed by atoms with E-state index in [9.17, 15) is 9.59 Å². The lowest BCUT2D eigenvalue weighted by Crippen LogP contribution is -2.43. The van der Waals surface area contributed by atoms with Crippen LogP contribution in [0.3, 0.4) is 0 Å². The number of hydrogen-bond acceptors (Lipinski definition) is 4. The predicted octanol–water partition coefficient (Wildman–Crippen LogP) is 3.76. The molecule has 164 valence electrons. The quantitative estimate of drug-likeness (QED) is 0.576. The van der Waals surface area contributed by atoms with Crippen molar-refractivity contribution in [2.45, 2.75) is 26.8 Å². The Hall–Kier alpha value is -2.96. The van der Waals surface area contributed by atoms with Crippen LogP contribution in [0.5, 0.6) is 0 Å². The Balaban J connectivity index is 1.96. The van der Waals surface area contributed by atoms with Gasteiger partial charge in [0.2, 0.25) is 0 Å². The third kappa shape index (κ3) is 4.08. The molecule has 2 aromatic carbocycles. The van der Waals surface area contributed by atoms with Crippen LogP contribution in [0.1, 0.15) is 37.9 Å². The van der Waals surface area contributed by atoms with Crippen LogP contribution >= 0.6 is 22.9 Å². The maximum atomic E-state index is 13.6. The largest absolute Gasteiger partial charge is 0.339 e. The monoisotopic (exact) mass is 465 g/mol. The Kier molecular flexibility index (Phi) is 6.44. The third-order valence-electron chi connectivity index (χ3n) is 5.59. The van der Waals surface area contributed by atoms with Crippen LogP contribution in [-0.4, -0.2) is 28.5 Å². The lowest BCUT2D eigenvalue weighted by atomic mass is 9.94. The third-order valence-corrected chi connectivity index (χ3v) is 6.82. The van der Waals surface area contributed by atoms with Gasteiger partial charge in [-0.3, -0.25) is 14.2 Å². The summed E-state index contributed by atoms with van der Waals surface area (Å²) < 4.78 is 2.23. The topological polar surface area (TPSA) is 54.7 Å². The van der Waals surface area contributed by atoms with Gasteiger partial charge in [-0.2, -0.15) is 0 Å². The fraction of sp³-hybridized carbons (Fsp3) is 0.240. The standard InChI is InChI=1S/C25H24ClN3O2S/c1-4-28(5-2)24(31)21-16(3)27-25-29(22(21)18-11-13-19(26)14-12-18)23(30)20(32-25)15-17-9-7-6-8-10-17/h6-15,22H,4-5H2,1-3H3/b20-15+/t22-/m1/s1. The van der Waals surface area contributed by atoms with Gasteiger partial charge >= 0.3 is 0 Å². The van der Waals surface area contributed by atoms with Crippen LogP contribution in [0, 0.1) is 0 Å². The number of halogens is 1. The van der Waals surface area contributed by atoms with E-state index in [4.69, 9.17) is 11.6 Å². The van der Waals surface area contributed by atoms with Crippen molar-refractivity contribution >= 4 is 34.9 Å². The molecule has 0 saturated heterocycles. The molecule has 0 N–H and O–H groups in total. The van der Waals surface area contributed by atoms with E-state index in [1.54, 1.807) is 21.6 Å². The number of carbonyl (C=O) groups excluding carboxylic acids is 1. The van der Waals surface area contributed by atoms with Crippen molar-refractivity contribution in [2.24, 2.45) is 4.99 Å². The summed E-state index contributed by atoms with van der Waals surface area (Å²) in [6.45, 7) is 6.90. The number of likely N-dealkylation sites (N-methyl/N-ethyl adjacent to an activating group) is 1. The second-order valence-corrected chi connectivity index (χ2v) is 8.97. The second-order valence-electron chi connectivity index (χ2n) is 7.52. The molecule has 0 unspecified atom stereocenters. The average molecular weight is 466 g/mol. The van der Waals surface area contributed by atoms with Crippen LogP contribution < -0.4 is 14.9 Å². The summed E-state index contributed by atoms with van der Waals surface area (Å²) in [7, 11) is 0. The highest BCUT2D eigenvalue weighted by Gasteiger charge is 2.34. The summed E-state index contributed by atoms with van der Waals surface area (Å²) in [4.78, 5) is 34.1. The van der Waals surface area contributed by atoms with Crippen molar-refractivity contribution in [2.75, 3.05) is 13.1 Å². The number of benzene rings is 2. The van der Waals surface area contributed by atoms with Crippen LogP contribution in [0.2, 0.25) is 5.02 Å². The van der Waals surface area contributed by atoms with E-state index in [-0.39, 0.29) is 11.5 Å². The van der Waals surface area contributed by atoms with Gasteiger partial charge in [0, 0.05) is 18.1 Å². The SMILES string of the molecule is CCN(CC)C(=O)C1=C(C)N=c2s/c(=C/c3ccccc3)c(=O)n2[C@@H]1c1ccc(Cl)cc1. The van der Waals surface area contributed by atoms with Crippen molar-refractivity contribution in [1.29, 1.82) is 0 Å². The Morgan fingerprint density at radius 1 is 1.12 bits per heavy atom. The minimum absolute atomic E-state index is 0.103. The first-order chi connectivity index (χ1) is 15.4. The van der Waals surface area contributed by atoms with Crippen molar-refractivity contribution < 1.29 is 4.79 Å². The minimum Gasteiger partial charge on any atom is -0.339 e. The van der Waals surface area contributed by atoms with Gasteiger partial charge in [0.05, 0.1) is 21.8 Å². The van der Waals surface area contributed by atoms with Crippen LogP contribution in [0.4, 0.5) is 0 Å². The molecule has 1 aliphatic rings. The summed E-state index contributed by atoms with van der Waals surface area (Å²) in [6.07, 6.45) is 1.87. The molecule has 0 bridgehead atoms.